The Balaban J connectivity index is 2.70. The van der Waals surface area contributed by atoms with Crippen LogP contribution in [0.2, 0.25) is 0 Å². The molecule has 4 aromatic carbocycles. The van der Waals surface area contributed by atoms with E-state index in [0.717, 1.165) is 6.92 Å². The molecule has 0 heterocycles. The lowest BCUT2D eigenvalue weighted by molar-refractivity contribution is 0.351. The van der Waals surface area contributed by atoms with Crippen molar-refractivity contribution < 1.29 is 70.2 Å². The van der Waals surface area contributed by atoms with Gasteiger partial charge in [-0.3, -0.25) is 0 Å². The van der Waals surface area contributed by atoms with Crippen molar-refractivity contribution in [2.75, 3.05) is 0 Å². The van der Waals surface area contributed by atoms with Crippen LogP contribution in [0, 0.1) is 126 Å². The monoisotopic (exact) mass is 688 g/mol. The molecule has 0 aliphatic carbocycles. The van der Waals surface area contributed by atoms with Gasteiger partial charge in [-0.15, -0.1) is 5.92 Å². The van der Waals surface area contributed by atoms with Crippen molar-refractivity contribution in [1.82, 2.24) is 0 Å². The summed E-state index contributed by atoms with van der Waals surface area (Å²) in [6.45, 7) is 1.67. The van der Waals surface area contributed by atoms with Crippen molar-refractivity contribution in [2.24, 2.45) is 0 Å². The van der Waals surface area contributed by atoms with Crippen LogP contribution in [0.3, 0.4) is 0 Å². The third-order valence-corrected chi connectivity index (χ3v) is 7.46. The van der Waals surface area contributed by atoms with E-state index < -0.39 is 143 Å². The molecule has 0 bridgehead atoms. The number of hydrogen-bond donors (Lipinski definition) is 0. The molecule has 0 aliphatic rings. The van der Waals surface area contributed by atoms with Crippen LogP contribution in [0.4, 0.5) is 70.2 Å². The molecule has 0 aliphatic heterocycles. The highest BCUT2D eigenvalue weighted by atomic mass is 19.2. The first-order valence-electron chi connectivity index (χ1n) is 12.5. The Hall–Kier alpha value is -4.68. The van der Waals surface area contributed by atoms with Crippen molar-refractivity contribution in [1.29, 1.82) is 0 Å². The number of benzene rings is 4. The average Bonchev–Trinajstić information content (AvgIpc) is 3.03. The van der Waals surface area contributed by atoms with Gasteiger partial charge in [0.15, 0.2) is 93.1 Å². The molecule has 0 amide bonds. The second-order valence-electron chi connectivity index (χ2n) is 9.90. The second-order valence-corrected chi connectivity index (χ2v) is 9.90. The minimum Gasteiger partial charge on any atom is -0.203 e. The van der Waals surface area contributed by atoms with Gasteiger partial charge < -0.3 is 0 Å². The van der Waals surface area contributed by atoms with Gasteiger partial charge in [0.2, 0.25) is 0 Å². The third-order valence-electron chi connectivity index (χ3n) is 7.46. The van der Waals surface area contributed by atoms with E-state index in [2.05, 4.69) is 0 Å². The first-order chi connectivity index (χ1) is 21.7. The van der Waals surface area contributed by atoms with Gasteiger partial charge in [0.05, 0.1) is 5.41 Å². The van der Waals surface area contributed by atoms with E-state index in [-0.39, 0.29) is 20.8 Å². The Morgan fingerprint density at radius 1 is 0.319 bits per heavy atom. The molecule has 0 unspecified atom stereocenters. The molecule has 0 aromatic heterocycles. The first-order valence-corrected chi connectivity index (χ1v) is 12.5. The van der Waals surface area contributed by atoms with Gasteiger partial charge >= 0.3 is 0 Å². The van der Waals surface area contributed by atoms with Crippen molar-refractivity contribution in [2.45, 2.75) is 33.1 Å². The lowest BCUT2D eigenvalue weighted by atomic mass is 9.62. The maximum absolute atomic E-state index is 16.1. The fourth-order valence-corrected chi connectivity index (χ4v) is 5.16. The van der Waals surface area contributed by atoms with Crippen LogP contribution in [0.5, 0.6) is 0 Å². The van der Waals surface area contributed by atoms with E-state index in [1.54, 1.807) is 5.92 Å². The molecular weight excluding hydrogens is 676 g/mol. The molecule has 0 atom stereocenters. The van der Waals surface area contributed by atoms with Crippen LogP contribution >= 0.6 is 0 Å². The second kappa shape index (κ2) is 11.8. The summed E-state index contributed by atoms with van der Waals surface area (Å²) in [5.74, 6) is -43.4. The molecular formula is C31H12F16. The van der Waals surface area contributed by atoms with E-state index in [9.17, 15) is 0 Å². The Morgan fingerprint density at radius 2 is 0.511 bits per heavy atom. The Morgan fingerprint density at radius 3 is 0.702 bits per heavy atom. The predicted octanol–water partition coefficient (Wildman–Crippen LogP) is 9.59. The van der Waals surface area contributed by atoms with Crippen molar-refractivity contribution >= 4 is 0 Å². The van der Waals surface area contributed by atoms with E-state index in [1.807, 2.05) is 0 Å². The largest absolute Gasteiger partial charge is 0.203 e. The van der Waals surface area contributed by atoms with Crippen molar-refractivity contribution in [3.05, 3.63) is 138 Å². The molecule has 0 radical (unpaired) electrons. The normalized spacial score (nSPS) is 11.7. The van der Waals surface area contributed by atoms with E-state index >= 15 is 70.2 Å². The van der Waals surface area contributed by atoms with Gasteiger partial charge in [0, 0.05) is 38.9 Å². The number of rotatable bonds is 4. The molecule has 47 heavy (non-hydrogen) atoms. The Labute approximate surface area is 253 Å². The zero-order chi connectivity index (χ0) is 35.8. The summed E-state index contributed by atoms with van der Waals surface area (Å²) in [6, 6.07) is 0. The topological polar surface area (TPSA) is 0 Å². The highest BCUT2D eigenvalue weighted by Gasteiger charge is 2.57. The molecule has 0 spiro atoms. The summed E-state index contributed by atoms with van der Waals surface area (Å²) in [5, 5.41) is 0. The summed E-state index contributed by atoms with van der Waals surface area (Å²) in [4.78, 5) is 0. The van der Waals surface area contributed by atoms with Crippen LogP contribution in [-0.4, -0.2) is 0 Å². The molecule has 0 N–H and O–H groups in total. The van der Waals surface area contributed by atoms with E-state index in [4.69, 9.17) is 0 Å². The van der Waals surface area contributed by atoms with Crippen LogP contribution in [0.25, 0.3) is 0 Å². The first kappa shape index (κ1) is 35.2. The van der Waals surface area contributed by atoms with Crippen LogP contribution < -0.4 is 0 Å². The fourth-order valence-electron chi connectivity index (χ4n) is 5.16. The zero-order valence-electron chi connectivity index (χ0n) is 23.5. The molecule has 248 valence electrons. The van der Waals surface area contributed by atoms with Gasteiger partial charge in [-0.1, -0.05) is 5.92 Å². The van der Waals surface area contributed by atoms with Crippen molar-refractivity contribution in [3.63, 3.8) is 0 Å². The maximum atomic E-state index is 16.1. The molecule has 0 nitrogen and oxygen atoms in total. The summed E-state index contributed by atoms with van der Waals surface area (Å²) in [7, 11) is 0. The molecule has 0 saturated carbocycles. The standard InChI is InChI=1S/C31H12F16/c1-5-6-10-21(38)29(46)14(30(47)22(10)39)31(11-23(40)15(32)7(2)16(33)24(11)41,12-25(42)17(34)8(3)18(35)26(12)43)13-27(44)19(36)9(4)20(37)28(13)45/h1-4H3. The third kappa shape index (κ3) is 4.56. The minimum absolute atomic E-state index is 0.278. The van der Waals surface area contributed by atoms with Gasteiger partial charge in [-0.25, -0.2) is 70.2 Å². The zero-order valence-corrected chi connectivity index (χ0v) is 23.5. The van der Waals surface area contributed by atoms with Crippen LogP contribution in [-0.2, 0) is 5.41 Å². The highest BCUT2D eigenvalue weighted by molar-refractivity contribution is 5.65. The summed E-state index contributed by atoms with van der Waals surface area (Å²) in [6.07, 6.45) is 0. The highest BCUT2D eigenvalue weighted by Crippen LogP contribution is 2.55. The molecule has 4 rings (SSSR count). The summed E-state index contributed by atoms with van der Waals surface area (Å²) in [5.41, 5.74) is -24.7. The SMILES string of the molecule is CC#Cc1c(F)c(F)c(C(c2c(F)c(F)c(C)c(F)c2F)(c2c(F)c(F)c(C)c(F)c2F)c2c(F)c(F)c(C)c(F)c2F)c(F)c1F. The maximum Gasteiger partial charge on any atom is 0.177 e. The summed E-state index contributed by atoms with van der Waals surface area (Å²) >= 11 is 0. The quantitative estimate of drug-likeness (QED) is 0.0868. The molecule has 16 heteroatoms. The molecule has 0 fully saturated rings. The average molecular weight is 688 g/mol. The molecule has 0 saturated heterocycles. The molecule has 4 aromatic rings. The lowest BCUT2D eigenvalue weighted by Gasteiger charge is -2.38. The number of hydrogen-bond acceptors (Lipinski definition) is 0. The van der Waals surface area contributed by atoms with Gasteiger partial charge in [-0.2, -0.15) is 0 Å². The minimum atomic E-state index is -5.48. The lowest BCUT2D eigenvalue weighted by Crippen LogP contribution is -2.42. The Bertz CT molecular complexity index is 1820. The van der Waals surface area contributed by atoms with E-state index in [1.165, 1.54) is 5.92 Å². The smallest absolute Gasteiger partial charge is 0.177 e. The van der Waals surface area contributed by atoms with Crippen LogP contribution in [0.1, 0.15) is 51.4 Å². The van der Waals surface area contributed by atoms with Crippen LogP contribution in [0.15, 0.2) is 0 Å². The van der Waals surface area contributed by atoms with E-state index in [0.29, 0.717) is 0 Å². The van der Waals surface area contributed by atoms with Gasteiger partial charge in [-0.05, 0) is 27.7 Å². The summed E-state index contributed by atoms with van der Waals surface area (Å²) < 4.78 is 249. The number of halogens is 16. The van der Waals surface area contributed by atoms with Gasteiger partial charge in [0.25, 0.3) is 0 Å². The van der Waals surface area contributed by atoms with Gasteiger partial charge in [0.1, 0.15) is 5.56 Å². The van der Waals surface area contributed by atoms with Crippen molar-refractivity contribution in [3.8, 4) is 11.8 Å². The Kier molecular flexibility index (Phi) is 8.86. The fraction of sp³-hybridized carbons (Fsp3) is 0.161. The predicted molar refractivity (Wildman–Crippen MR) is 131 cm³/mol.